The number of carbonyl (C=O) groups excluding carboxylic acids is 1. The molecule has 0 aliphatic rings. The van der Waals surface area contributed by atoms with Gasteiger partial charge in [0.05, 0.1) is 15.9 Å². The van der Waals surface area contributed by atoms with Crippen molar-refractivity contribution in [1.29, 1.82) is 0 Å². The van der Waals surface area contributed by atoms with Crippen LogP contribution >= 0.6 is 11.3 Å². The molecule has 2 aromatic heterocycles. The molecule has 3 rings (SSSR count). The summed E-state index contributed by atoms with van der Waals surface area (Å²) >= 11 is 1.32. The van der Waals surface area contributed by atoms with E-state index >= 15 is 0 Å². The highest BCUT2D eigenvalue weighted by molar-refractivity contribution is 7.20. The van der Waals surface area contributed by atoms with Gasteiger partial charge in [-0.1, -0.05) is 11.3 Å². The molecule has 0 bridgehead atoms. The van der Waals surface area contributed by atoms with E-state index in [0.29, 0.717) is 16.5 Å². The van der Waals surface area contributed by atoms with Gasteiger partial charge in [-0.3, -0.25) is 4.79 Å². The Kier molecular flexibility index (Phi) is 2.98. The van der Waals surface area contributed by atoms with Gasteiger partial charge in [0.25, 0.3) is 0 Å². The number of aryl methyl sites for hydroxylation is 1. The minimum Gasteiger partial charge on any atom is -0.311 e. The molecular formula is C13H11FN4OS. The highest BCUT2D eigenvalue weighted by Gasteiger charge is 2.13. The number of nitrogens with one attached hydrogen (secondary N) is 1. The molecule has 1 aromatic carbocycles. The minimum atomic E-state index is -0.300. The van der Waals surface area contributed by atoms with Gasteiger partial charge in [0.2, 0.25) is 11.0 Å². The topological polar surface area (TPSA) is 59.8 Å². The van der Waals surface area contributed by atoms with Crippen LogP contribution in [0.15, 0.2) is 24.3 Å². The van der Waals surface area contributed by atoms with Crippen molar-refractivity contribution in [3.63, 3.8) is 0 Å². The number of nitrogens with zero attached hydrogens (tertiary/aromatic N) is 3. The summed E-state index contributed by atoms with van der Waals surface area (Å²) in [6, 6.07) is 6.19. The number of fused-ring (bicyclic) bond motifs is 1. The normalized spacial score (nSPS) is 10.9. The first kappa shape index (κ1) is 12.7. The van der Waals surface area contributed by atoms with Gasteiger partial charge >= 0.3 is 0 Å². The summed E-state index contributed by atoms with van der Waals surface area (Å²) in [7, 11) is 0. The SMILES string of the molecule is CC(=O)Nc1cc(C)nn1-c1nc2ccc(F)cc2s1. The molecule has 7 heteroatoms. The Morgan fingerprint density at radius 1 is 1.40 bits per heavy atom. The maximum absolute atomic E-state index is 13.2. The number of anilines is 1. The molecule has 5 nitrogen and oxygen atoms in total. The molecule has 3 aromatic rings. The van der Waals surface area contributed by atoms with Crippen molar-refractivity contribution in [3.8, 4) is 5.13 Å². The second kappa shape index (κ2) is 4.68. The number of carbonyl (C=O) groups is 1. The van der Waals surface area contributed by atoms with Gasteiger partial charge < -0.3 is 5.32 Å². The number of amides is 1. The van der Waals surface area contributed by atoms with Crippen molar-refractivity contribution in [1.82, 2.24) is 14.8 Å². The first-order valence-corrected chi connectivity index (χ1v) is 6.75. The van der Waals surface area contributed by atoms with E-state index in [1.165, 1.54) is 30.4 Å². The third kappa shape index (κ3) is 2.27. The standard InChI is InChI=1S/C13H11FN4OS/c1-7-5-12(15-8(2)19)18(17-7)13-16-10-4-3-9(14)6-11(10)20-13/h3-6H,1-2H3,(H,15,19). The monoisotopic (exact) mass is 290 g/mol. The smallest absolute Gasteiger partial charge is 0.222 e. The first-order valence-electron chi connectivity index (χ1n) is 5.93. The molecule has 0 radical (unpaired) electrons. The molecule has 0 fully saturated rings. The zero-order valence-electron chi connectivity index (χ0n) is 10.8. The average Bonchev–Trinajstić information content (AvgIpc) is 2.91. The second-order valence-corrected chi connectivity index (χ2v) is 5.38. The summed E-state index contributed by atoms with van der Waals surface area (Å²) in [6.45, 7) is 3.26. The van der Waals surface area contributed by atoms with Crippen LogP contribution in [0.2, 0.25) is 0 Å². The van der Waals surface area contributed by atoms with Crippen LogP contribution in [-0.2, 0) is 4.79 Å². The summed E-state index contributed by atoms with van der Waals surface area (Å²) < 4.78 is 15.5. The lowest BCUT2D eigenvalue weighted by molar-refractivity contribution is -0.114. The fraction of sp³-hybridized carbons (Fsp3) is 0.154. The van der Waals surface area contributed by atoms with Gasteiger partial charge in [-0.15, -0.1) is 0 Å². The zero-order valence-corrected chi connectivity index (χ0v) is 11.7. The van der Waals surface area contributed by atoms with E-state index in [0.717, 1.165) is 10.4 Å². The van der Waals surface area contributed by atoms with E-state index in [1.54, 1.807) is 16.8 Å². The predicted octanol–water partition coefficient (Wildman–Crippen LogP) is 2.89. The number of hydrogen-bond donors (Lipinski definition) is 1. The maximum atomic E-state index is 13.2. The van der Waals surface area contributed by atoms with Crippen LogP contribution in [0.1, 0.15) is 12.6 Å². The minimum absolute atomic E-state index is 0.182. The molecule has 2 heterocycles. The summed E-state index contributed by atoms with van der Waals surface area (Å²) in [5.41, 5.74) is 1.47. The summed E-state index contributed by atoms with van der Waals surface area (Å²) in [4.78, 5) is 15.6. The molecule has 0 spiro atoms. The molecule has 102 valence electrons. The number of hydrogen-bond acceptors (Lipinski definition) is 4. The second-order valence-electron chi connectivity index (χ2n) is 4.37. The Morgan fingerprint density at radius 2 is 2.20 bits per heavy atom. The molecule has 0 aliphatic carbocycles. The van der Waals surface area contributed by atoms with E-state index in [2.05, 4.69) is 15.4 Å². The van der Waals surface area contributed by atoms with Crippen LogP contribution in [-0.4, -0.2) is 20.7 Å². The van der Waals surface area contributed by atoms with Crippen LogP contribution < -0.4 is 5.32 Å². The summed E-state index contributed by atoms with van der Waals surface area (Å²) in [6.07, 6.45) is 0. The van der Waals surface area contributed by atoms with Gasteiger partial charge in [-0.2, -0.15) is 9.78 Å². The number of rotatable bonds is 2. The lowest BCUT2D eigenvalue weighted by atomic mass is 10.3. The molecule has 0 saturated carbocycles. The Morgan fingerprint density at radius 3 is 2.95 bits per heavy atom. The molecule has 0 unspecified atom stereocenters. The maximum Gasteiger partial charge on any atom is 0.222 e. The zero-order chi connectivity index (χ0) is 14.3. The fourth-order valence-corrected chi connectivity index (χ4v) is 2.85. The predicted molar refractivity (Wildman–Crippen MR) is 75.7 cm³/mol. The van der Waals surface area contributed by atoms with Gasteiger partial charge in [-0.25, -0.2) is 9.37 Å². The van der Waals surface area contributed by atoms with Crippen molar-refractivity contribution in [3.05, 3.63) is 35.8 Å². The van der Waals surface area contributed by atoms with Crippen molar-refractivity contribution in [2.45, 2.75) is 13.8 Å². The van der Waals surface area contributed by atoms with E-state index in [9.17, 15) is 9.18 Å². The Hall–Kier alpha value is -2.28. The van der Waals surface area contributed by atoms with Gasteiger partial charge in [0, 0.05) is 13.0 Å². The van der Waals surface area contributed by atoms with Gasteiger partial charge in [-0.05, 0) is 25.1 Å². The summed E-state index contributed by atoms with van der Waals surface area (Å²) in [5, 5.41) is 7.60. The lowest BCUT2D eigenvalue weighted by Gasteiger charge is -2.03. The highest BCUT2D eigenvalue weighted by Crippen LogP contribution is 2.27. The van der Waals surface area contributed by atoms with Crippen molar-refractivity contribution in [2.24, 2.45) is 0 Å². The Balaban J connectivity index is 2.12. The van der Waals surface area contributed by atoms with E-state index < -0.39 is 0 Å². The quantitative estimate of drug-likeness (QED) is 0.789. The van der Waals surface area contributed by atoms with Crippen molar-refractivity contribution >= 4 is 33.3 Å². The largest absolute Gasteiger partial charge is 0.311 e. The average molecular weight is 290 g/mol. The van der Waals surface area contributed by atoms with Crippen LogP contribution in [0.3, 0.4) is 0 Å². The third-order valence-corrected chi connectivity index (χ3v) is 3.65. The molecule has 1 amide bonds. The number of benzene rings is 1. The molecule has 1 N–H and O–H groups in total. The highest BCUT2D eigenvalue weighted by atomic mass is 32.1. The van der Waals surface area contributed by atoms with Crippen molar-refractivity contribution < 1.29 is 9.18 Å². The third-order valence-electron chi connectivity index (χ3n) is 2.66. The molecule has 20 heavy (non-hydrogen) atoms. The fourth-order valence-electron chi connectivity index (χ4n) is 1.89. The van der Waals surface area contributed by atoms with E-state index in [1.807, 2.05) is 6.92 Å². The molecule has 0 atom stereocenters. The van der Waals surface area contributed by atoms with E-state index in [-0.39, 0.29) is 11.7 Å². The van der Waals surface area contributed by atoms with Crippen molar-refractivity contribution in [2.75, 3.05) is 5.32 Å². The number of thiazole rings is 1. The van der Waals surface area contributed by atoms with Crippen LogP contribution in [0.4, 0.5) is 10.2 Å². The molecular weight excluding hydrogens is 279 g/mol. The Labute approximate surface area is 118 Å². The molecule has 0 aliphatic heterocycles. The van der Waals surface area contributed by atoms with Crippen LogP contribution in [0.25, 0.3) is 15.3 Å². The van der Waals surface area contributed by atoms with Crippen LogP contribution in [0, 0.1) is 12.7 Å². The van der Waals surface area contributed by atoms with Gasteiger partial charge in [0.1, 0.15) is 11.6 Å². The summed E-state index contributed by atoms with van der Waals surface area (Å²) in [5.74, 6) is 0.0688. The van der Waals surface area contributed by atoms with Gasteiger partial charge in [0.15, 0.2) is 0 Å². The Bertz CT molecular complexity index is 808. The van der Waals surface area contributed by atoms with E-state index in [4.69, 9.17) is 0 Å². The number of halogens is 1. The molecule has 0 saturated heterocycles. The lowest BCUT2D eigenvalue weighted by Crippen LogP contribution is -2.10. The van der Waals surface area contributed by atoms with Crippen LogP contribution in [0.5, 0.6) is 0 Å². The first-order chi connectivity index (χ1) is 9.52. The number of aromatic nitrogens is 3.